The summed E-state index contributed by atoms with van der Waals surface area (Å²) in [5.41, 5.74) is 0. The Balaban J connectivity index is 3.74. The van der Waals surface area contributed by atoms with Crippen LogP contribution in [0.4, 0.5) is 0 Å². The molecule has 70 valence electrons. The molecule has 0 saturated heterocycles. The molecule has 0 aliphatic carbocycles. The predicted octanol–water partition coefficient (Wildman–Crippen LogP) is 1.25. The van der Waals surface area contributed by atoms with Crippen LogP contribution in [-0.2, 0) is 0 Å². The van der Waals surface area contributed by atoms with Crippen molar-refractivity contribution in [1.29, 1.82) is 0 Å². The van der Waals surface area contributed by atoms with Gasteiger partial charge in [-0.2, -0.15) is 0 Å². The summed E-state index contributed by atoms with van der Waals surface area (Å²) in [4.78, 5) is 5.88. The maximum absolute atomic E-state index is 4.98. The largest absolute Gasteiger partial charge is 0.369 e. The Bertz CT molecular complexity index is 166. The summed E-state index contributed by atoms with van der Waals surface area (Å²) in [7, 11) is 3.82. The van der Waals surface area contributed by atoms with Crippen molar-refractivity contribution in [2.45, 2.75) is 26.3 Å². The van der Waals surface area contributed by atoms with Gasteiger partial charge >= 0.3 is 0 Å². The van der Waals surface area contributed by atoms with Gasteiger partial charge in [0.05, 0.1) is 6.34 Å². The molecule has 0 unspecified atom stereocenters. The first-order valence-corrected chi connectivity index (χ1v) is 4.48. The van der Waals surface area contributed by atoms with E-state index in [1.54, 1.807) is 6.34 Å². The van der Waals surface area contributed by atoms with E-state index in [1.165, 1.54) is 0 Å². The molecular formula is C8H17N3S. The molecule has 0 aromatic heterocycles. The molecular weight excluding hydrogens is 170 g/mol. The quantitative estimate of drug-likeness (QED) is 0.409. The molecule has 0 bridgehead atoms. The first kappa shape index (κ1) is 11.4. The second-order valence-corrected chi connectivity index (χ2v) is 3.35. The summed E-state index contributed by atoms with van der Waals surface area (Å²) >= 11 is 4.98. The molecule has 0 aromatic rings. The Labute approximate surface area is 79.9 Å². The zero-order valence-corrected chi connectivity index (χ0v) is 8.98. The lowest BCUT2D eigenvalue weighted by Gasteiger charge is -2.10. The third-order valence-corrected chi connectivity index (χ3v) is 1.61. The Morgan fingerprint density at radius 3 is 2.67 bits per heavy atom. The molecule has 0 radical (unpaired) electrons. The summed E-state index contributed by atoms with van der Waals surface area (Å²) in [6.45, 7) is 4.19. The molecule has 3 nitrogen and oxygen atoms in total. The van der Waals surface area contributed by atoms with Crippen molar-refractivity contribution >= 4 is 23.7 Å². The van der Waals surface area contributed by atoms with Crippen LogP contribution in [0, 0.1) is 0 Å². The van der Waals surface area contributed by atoms with E-state index in [-0.39, 0.29) is 0 Å². The average Bonchev–Trinajstić information content (AvgIpc) is 2.00. The summed E-state index contributed by atoms with van der Waals surface area (Å²) < 4.78 is 0. The van der Waals surface area contributed by atoms with Gasteiger partial charge in [0.25, 0.3) is 0 Å². The molecule has 0 rings (SSSR count). The van der Waals surface area contributed by atoms with Crippen molar-refractivity contribution in [3.8, 4) is 0 Å². The number of aliphatic imine (C=N–C) groups is 1. The molecule has 0 fully saturated rings. The van der Waals surface area contributed by atoms with E-state index in [0.29, 0.717) is 11.2 Å². The average molecular weight is 187 g/mol. The van der Waals surface area contributed by atoms with E-state index < -0.39 is 0 Å². The van der Waals surface area contributed by atoms with Gasteiger partial charge in [-0.25, -0.2) is 4.99 Å². The van der Waals surface area contributed by atoms with E-state index in [1.807, 2.05) is 19.0 Å². The molecule has 1 atom stereocenters. The zero-order chi connectivity index (χ0) is 9.56. The molecule has 0 heterocycles. The molecule has 0 aliphatic rings. The molecule has 0 spiro atoms. The van der Waals surface area contributed by atoms with Gasteiger partial charge in [-0.15, -0.1) is 0 Å². The Morgan fingerprint density at radius 1 is 1.67 bits per heavy atom. The number of thiocarbonyl (C=S) groups is 1. The third kappa shape index (κ3) is 6.09. The maximum atomic E-state index is 4.98. The summed E-state index contributed by atoms with van der Waals surface area (Å²) in [5.74, 6) is 0. The first-order valence-electron chi connectivity index (χ1n) is 4.07. The smallest absolute Gasteiger partial charge is 0.194 e. The van der Waals surface area contributed by atoms with Crippen molar-refractivity contribution in [1.82, 2.24) is 10.2 Å². The van der Waals surface area contributed by atoms with Gasteiger partial charge < -0.3 is 10.2 Å². The Morgan fingerprint density at radius 2 is 2.25 bits per heavy atom. The maximum Gasteiger partial charge on any atom is 0.194 e. The molecule has 12 heavy (non-hydrogen) atoms. The summed E-state index contributed by atoms with van der Waals surface area (Å²) in [5, 5.41) is 3.65. The lowest BCUT2D eigenvalue weighted by molar-refractivity contribution is 0.634. The van der Waals surface area contributed by atoms with E-state index in [4.69, 9.17) is 12.2 Å². The van der Waals surface area contributed by atoms with Gasteiger partial charge in [0, 0.05) is 20.1 Å². The minimum absolute atomic E-state index is 0.400. The topological polar surface area (TPSA) is 27.6 Å². The monoisotopic (exact) mass is 187 g/mol. The van der Waals surface area contributed by atoms with Crippen LogP contribution in [0.25, 0.3) is 0 Å². The summed E-state index contributed by atoms with van der Waals surface area (Å²) in [6, 6.07) is 0.400. The molecule has 0 aromatic carbocycles. The summed E-state index contributed by atoms with van der Waals surface area (Å²) in [6.07, 6.45) is 2.75. The Kier molecular flexibility index (Phi) is 5.62. The zero-order valence-electron chi connectivity index (χ0n) is 8.16. The second kappa shape index (κ2) is 5.94. The van der Waals surface area contributed by atoms with Crippen LogP contribution in [0.2, 0.25) is 0 Å². The number of nitrogens with one attached hydrogen (secondary N) is 1. The molecule has 0 aliphatic heterocycles. The lowest BCUT2D eigenvalue weighted by atomic mass is 10.3. The fraction of sp³-hybridized carbons (Fsp3) is 0.750. The van der Waals surface area contributed by atoms with E-state index in [0.717, 1.165) is 6.42 Å². The fourth-order valence-electron chi connectivity index (χ4n) is 0.518. The second-order valence-electron chi connectivity index (χ2n) is 2.97. The van der Waals surface area contributed by atoms with Crippen LogP contribution in [0.5, 0.6) is 0 Å². The SMILES string of the molecule is CC[C@@H](C)NC(=S)/N=C/N(C)C. The van der Waals surface area contributed by atoms with Crippen molar-refractivity contribution < 1.29 is 0 Å². The first-order chi connectivity index (χ1) is 5.56. The van der Waals surface area contributed by atoms with Crippen molar-refractivity contribution in [3.63, 3.8) is 0 Å². The normalized spacial score (nSPS) is 13.0. The van der Waals surface area contributed by atoms with E-state index in [9.17, 15) is 0 Å². The highest BCUT2D eigenvalue weighted by molar-refractivity contribution is 7.80. The van der Waals surface area contributed by atoms with Gasteiger partial charge in [0.15, 0.2) is 5.11 Å². The third-order valence-electron chi connectivity index (χ3n) is 1.39. The minimum Gasteiger partial charge on any atom is -0.369 e. The molecule has 1 N–H and O–H groups in total. The van der Waals surface area contributed by atoms with Gasteiger partial charge in [-0.05, 0) is 25.6 Å². The van der Waals surface area contributed by atoms with Gasteiger partial charge in [0.2, 0.25) is 0 Å². The van der Waals surface area contributed by atoms with Crippen LogP contribution >= 0.6 is 12.2 Å². The van der Waals surface area contributed by atoms with Gasteiger partial charge in [-0.3, -0.25) is 0 Å². The highest BCUT2D eigenvalue weighted by Gasteiger charge is 1.97. The Hall–Kier alpha value is -0.640. The highest BCUT2D eigenvalue weighted by Crippen LogP contribution is 1.88. The number of rotatable bonds is 3. The minimum atomic E-state index is 0.400. The van der Waals surface area contributed by atoms with Crippen LogP contribution < -0.4 is 5.32 Å². The highest BCUT2D eigenvalue weighted by atomic mass is 32.1. The van der Waals surface area contributed by atoms with E-state index in [2.05, 4.69) is 24.2 Å². The predicted molar refractivity (Wildman–Crippen MR) is 57.7 cm³/mol. The van der Waals surface area contributed by atoms with E-state index >= 15 is 0 Å². The van der Waals surface area contributed by atoms with Gasteiger partial charge in [0.1, 0.15) is 0 Å². The molecule has 0 saturated carbocycles. The van der Waals surface area contributed by atoms with Crippen LogP contribution in [-0.4, -0.2) is 36.5 Å². The number of hydrogen-bond donors (Lipinski definition) is 1. The van der Waals surface area contributed by atoms with Crippen LogP contribution in [0.15, 0.2) is 4.99 Å². The van der Waals surface area contributed by atoms with Crippen molar-refractivity contribution in [2.75, 3.05) is 14.1 Å². The molecule has 4 heteroatoms. The standard InChI is InChI=1S/C8H17N3S/c1-5-7(2)10-8(12)9-6-11(3)4/h6-7H,5H2,1-4H3,(H,10,12)/b9-6+/t7-/m1/s1. The molecule has 0 amide bonds. The number of nitrogens with zero attached hydrogens (tertiary/aromatic N) is 2. The number of hydrogen-bond acceptors (Lipinski definition) is 1. The lowest BCUT2D eigenvalue weighted by Crippen LogP contribution is -2.29. The van der Waals surface area contributed by atoms with Crippen molar-refractivity contribution in [3.05, 3.63) is 0 Å². The van der Waals surface area contributed by atoms with Gasteiger partial charge in [-0.1, -0.05) is 6.92 Å². The van der Waals surface area contributed by atoms with Crippen LogP contribution in [0.1, 0.15) is 20.3 Å². The fourth-order valence-corrected chi connectivity index (χ4v) is 0.766. The van der Waals surface area contributed by atoms with Crippen molar-refractivity contribution in [2.24, 2.45) is 4.99 Å². The van der Waals surface area contributed by atoms with Crippen LogP contribution in [0.3, 0.4) is 0 Å².